The number of nitrogens with one attached hydrogen (secondary N) is 1. The van der Waals surface area contributed by atoms with E-state index in [-0.39, 0.29) is 5.91 Å². The Labute approximate surface area is 150 Å². The maximum Gasteiger partial charge on any atom is 0.220 e. The van der Waals surface area contributed by atoms with Crippen LogP contribution >= 0.6 is 0 Å². The molecule has 2 rings (SSSR count). The number of aromatic nitrogens is 2. The maximum atomic E-state index is 12.2. The van der Waals surface area contributed by atoms with Crippen molar-refractivity contribution in [3.63, 3.8) is 0 Å². The number of methoxy groups -OCH3 is 1. The fourth-order valence-electron chi connectivity index (χ4n) is 2.89. The lowest BCUT2D eigenvalue weighted by atomic mass is 10.1. The smallest absolute Gasteiger partial charge is 0.220 e. The van der Waals surface area contributed by atoms with Gasteiger partial charge in [-0.15, -0.1) is 0 Å². The highest BCUT2D eigenvalue weighted by Gasteiger charge is 2.13. The van der Waals surface area contributed by atoms with Crippen molar-refractivity contribution in [3.8, 4) is 5.75 Å². The molecule has 136 valence electrons. The van der Waals surface area contributed by atoms with Crippen LogP contribution in [0.15, 0.2) is 24.3 Å². The minimum absolute atomic E-state index is 0.0613. The van der Waals surface area contributed by atoms with Gasteiger partial charge in [-0.3, -0.25) is 9.48 Å². The zero-order valence-corrected chi connectivity index (χ0v) is 15.9. The van der Waals surface area contributed by atoms with Crippen molar-refractivity contribution in [1.82, 2.24) is 15.1 Å². The first kappa shape index (κ1) is 19.0. The lowest BCUT2D eigenvalue weighted by molar-refractivity contribution is -0.121. The third kappa shape index (κ3) is 5.34. The molecule has 1 aromatic heterocycles. The van der Waals surface area contributed by atoms with Crippen LogP contribution in [-0.2, 0) is 24.3 Å². The highest BCUT2D eigenvalue weighted by atomic mass is 16.5. The molecule has 0 saturated heterocycles. The Kier molecular flexibility index (Phi) is 6.62. The molecule has 1 N–H and O–H groups in total. The third-order valence-electron chi connectivity index (χ3n) is 4.32. The second-order valence-electron chi connectivity index (χ2n) is 6.85. The maximum absolute atomic E-state index is 12.2. The van der Waals surface area contributed by atoms with Crippen molar-refractivity contribution >= 4 is 5.91 Å². The largest absolute Gasteiger partial charge is 0.497 e. The molecule has 0 radical (unpaired) electrons. The van der Waals surface area contributed by atoms with Crippen molar-refractivity contribution in [2.75, 3.05) is 7.11 Å². The number of carbonyl (C=O) groups excluding carboxylic acids is 1. The molecule has 0 bridgehead atoms. The van der Waals surface area contributed by atoms with Gasteiger partial charge >= 0.3 is 0 Å². The molecule has 1 aromatic carbocycles. The highest BCUT2D eigenvalue weighted by Crippen LogP contribution is 2.16. The number of hydrogen-bond acceptors (Lipinski definition) is 3. The van der Waals surface area contributed by atoms with Crippen molar-refractivity contribution in [3.05, 3.63) is 46.8 Å². The number of ether oxygens (including phenoxy) is 1. The Hall–Kier alpha value is -2.30. The zero-order valence-electron chi connectivity index (χ0n) is 15.9. The monoisotopic (exact) mass is 343 g/mol. The van der Waals surface area contributed by atoms with E-state index in [1.165, 1.54) is 11.3 Å². The number of carbonyl (C=O) groups is 1. The van der Waals surface area contributed by atoms with Crippen LogP contribution in [0.3, 0.4) is 0 Å². The van der Waals surface area contributed by atoms with Crippen LogP contribution in [0.5, 0.6) is 5.75 Å². The van der Waals surface area contributed by atoms with Crippen molar-refractivity contribution < 1.29 is 9.53 Å². The van der Waals surface area contributed by atoms with Crippen molar-refractivity contribution in [1.29, 1.82) is 0 Å². The SMILES string of the molecule is COc1ccc(CNC(=O)CCc2c(C)nn(CC(C)C)c2C)cc1. The molecule has 1 heterocycles. The predicted molar refractivity (Wildman–Crippen MR) is 99.7 cm³/mol. The van der Waals surface area contributed by atoms with Gasteiger partial charge in [0.15, 0.2) is 0 Å². The van der Waals surface area contributed by atoms with E-state index in [1.807, 2.05) is 31.2 Å². The van der Waals surface area contributed by atoms with Crippen LogP contribution in [0.1, 0.15) is 42.8 Å². The summed E-state index contributed by atoms with van der Waals surface area (Å²) in [5.41, 5.74) is 4.46. The average Bonchev–Trinajstić information content (AvgIpc) is 2.84. The first-order chi connectivity index (χ1) is 11.9. The summed E-state index contributed by atoms with van der Waals surface area (Å²) in [6.45, 7) is 9.93. The van der Waals surface area contributed by atoms with Gasteiger partial charge in [-0.1, -0.05) is 26.0 Å². The van der Waals surface area contributed by atoms with Gasteiger partial charge in [0.05, 0.1) is 12.8 Å². The molecule has 0 saturated carbocycles. The summed E-state index contributed by atoms with van der Waals surface area (Å²) in [7, 11) is 1.64. The Bertz CT molecular complexity index is 702. The number of aryl methyl sites for hydroxylation is 1. The fraction of sp³-hybridized carbons (Fsp3) is 0.500. The first-order valence-corrected chi connectivity index (χ1v) is 8.83. The summed E-state index contributed by atoms with van der Waals surface area (Å²) < 4.78 is 7.20. The second kappa shape index (κ2) is 8.70. The van der Waals surface area contributed by atoms with E-state index in [1.54, 1.807) is 7.11 Å². The molecule has 25 heavy (non-hydrogen) atoms. The van der Waals surface area contributed by atoms with Crippen LogP contribution in [0, 0.1) is 19.8 Å². The molecule has 0 fully saturated rings. The number of nitrogens with zero attached hydrogens (tertiary/aromatic N) is 2. The Morgan fingerprint density at radius 3 is 2.52 bits per heavy atom. The molecule has 5 nitrogen and oxygen atoms in total. The molecule has 0 atom stereocenters. The minimum atomic E-state index is 0.0613. The number of rotatable bonds is 8. The van der Waals surface area contributed by atoms with Crippen LogP contribution < -0.4 is 10.1 Å². The number of hydrogen-bond donors (Lipinski definition) is 1. The molecule has 0 unspecified atom stereocenters. The molecule has 1 amide bonds. The zero-order chi connectivity index (χ0) is 18.4. The lowest BCUT2D eigenvalue weighted by Crippen LogP contribution is -2.23. The van der Waals surface area contributed by atoms with Gasteiger partial charge < -0.3 is 10.1 Å². The van der Waals surface area contributed by atoms with Crippen LogP contribution in [0.4, 0.5) is 0 Å². The average molecular weight is 343 g/mol. The summed E-state index contributed by atoms with van der Waals surface area (Å²) in [6, 6.07) is 7.72. The van der Waals surface area contributed by atoms with E-state index >= 15 is 0 Å². The van der Waals surface area contributed by atoms with E-state index in [2.05, 4.69) is 35.9 Å². The van der Waals surface area contributed by atoms with Gasteiger partial charge in [0.25, 0.3) is 0 Å². The summed E-state index contributed by atoms with van der Waals surface area (Å²) in [4.78, 5) is 12.2. The normalized spacial score (nSPS) is 11.0. The predicted octanol–water partition coefficient (Wildman–Crippen LogP) is 3.41. The van der Waals surface area contributed by atoms with E-state index in [0.29, 0.717) is 18.9 Å². The van der Waals surface area contributed by atoms with Gasteiger partial charge in [-0.2, -0.15) is 5.10 Å². The van der Waals surface area contributed by atoms with Gasteiger partial charge in [-0.05, 0) is 49.4 Å². The van der Waals surface area contributed by atoms with Crippen LogP contribution in [0.25, 0.3) is 0 Å². The third-order valence-corrected chi connectivity index (χ3v) is 4.32. The van der Waals surface area contributed by atoms with Gasteiger partial charge in [0.1, 0.15) is 5.75 Å². The standard InChI is InChI=1S/C20H29N3O2/c1-14(2)13-23-16(4)19(15(3)22-23)10-11-20(24)21-12-17-6-8-18(25-5)9-7-17/h6-9,14H,10-13H2,1-5H3,(H,21,24). The van der Waals surface area contributed by atoms with E-state index in [0.717, 1.165) is 30.0 Å². The summed E-state index contributed by atoms with van der Waals surface area (Å²) in [6.07, 6.45) is 1.20. The first-order valence-electron chi connectivity index (χ1n) is 8.83. The number of amides is 1. The fourth-order valence-corrected chi connectivity index (χ4v) is 2.89. The molecular formula is C20H29N3O2. The Morgan fingerprint density at radius 2 is 1.92 bits per heavy atom. The van der Waals surface area contributed by atoms with Crippen molar-refractivity contribution in [2.45, 2.75) is 53.6 Å². The molecule has 0 aliphatic heterocycles. The summed E-state index contributed by atoms with van der Waals surface area (Å²) in [5, 5.41) is 7.59. The van der Waals surface area contributed by atoms with Gasteiger partial charge in [-0.25, -0.2) is 0 Å². The van der Waals surface area contributed by atoms with E-state index < -0.39 is 0 Å². The molecular weight excluding hydrogens is 314 g/mol. The van der Waals surface area contributed by atoms with E-state index in [4.69, 9.17) is 4.74 Å². The minimum Gasteiger partial charge on any atom is -0.497 e. The topological polar surface area (TPSA) is 56.1 Å². The number of benzene rings is 1. The van der Waals surface area contributed by atoms with Crippen LogP contribution in [0.2, 0.25) is 0 Å². The molecule has 0 aliphatic carbocycles. The van der Waals surface area contributed by atoms with E-state index in [9.17, 15) is 4.79 Å². The summed E-state index contributed by atoms with van der Waals surface area (Å²) in [5.74, 6) is 1.43. The summed E-state index contributed by atoms with van der Waals surface area (Å²) >= 11 is 0. The van der Waals surface area contributed by atoms with Crippen LogP contribution in [-0.4, -0.2) is 22.8 Å². The molecule has 0 aliphatic rings. The lowest BCUT2D eigenvalue weighted by Gasteiger charge is -2.08. The molecule has 5 heteroatoms. The Balaban J connectivity index is 1.86. The second-order valence-corrected chi connectivity index (χ2v) is 6.85. The molecule has 2 aromatic rings. The van der Waals surface area contributed by atoms with Gasteiger partial charge in [0, 0.05) is 25.2 Å². The highest BCUT2D eigenvalue weighted by molar-refractivity contribution is 5.76. The molecule has 0 spiro atoms. The quantitative estimate of drug-likeness (QED) is 0.799. The van der Waals surface area contributed by atoms with Crippen molar-refractivity contribution in [2.24, 2.45) is 5.92 Å². The Morgan fingerprint density at radius 1 is 1.24 bits per heavy atom. The van der Waals surface area contributed by atoms with Gasteiger partial charge in [0.2, 0.25) is 5.91 Å².